The lowest BCUT2D eigenvalue weighted by atomic mass is 9.58. The van der Waals surface area contributed by atoms with Crippen molar-refractivity contribution < 1.29 is 5.11 Å². The quantitative estimate of drug-likeness (QED) is 0.837. The standard InChI is InChI=1S/C21H21N5O/c1-13(2)26-7-6-16-17(9-22)20(25)21(11-23,12-24)19(18(16)10-26)14-4-3-5-15(27)8-14/h3-6,8,13,18-19,27H,7,10,25H2,1-2H3/t18-,19-/m1/s1. The summed E-state index contributed by atoms with van der Waals surface area (Å²) in [4.78, 5) is 2.24. The van der Waals surface area contributed by atoms with Crippen molar-refractivity contribution in [3.05, 3.63) is 52.7 Å². The van der Waals surface area contributed by atoms with Gasteiger partial charge in [0.2, 0.25) is 0 Å². The Morgan fingerprint density at radius 3 is 2.52 bits per heavy atom. The van der Waals surface area contributed by atoms with E-state index in [-0.39, 0.29) is 29.0 Å². The molecular formula is C21H21N5O. The Morgan fingerprint density at radius 1 is 1.26 bits per heavy atom. The molecule has 2 aliphatic rings. The SMILES string of the molecule is CC(C)N1CC=C2C(C#N)=C(N)C(C#N)(C#N)[C@H](c3cccc(O)c3)[C@@H]2C1. The Bertz CT molecular complexity index is 940. The molecule has 0 bridgehead atoms. The summed E-state index contributed by atoms with van der Waals surface area (Å²) in [5.74, 6) is -0.762. The molecule has 0 aromatic heterocycles. The van der Waals surface area contributed by atoms with Crippen molar-refractivity contribution in [3.63, 3.8) is 0 Å². The highest BCUT2D eigenvalue weighted by Gasteiger charge is 2.54. The first kappa shape index (κ1) is 18.5. The molecule has 0 unspecified atom stereocenters. The molecule has 2 atom stereocenters. The molecule has 3 N–H and O–H groups in total. The molecular weight excluding hydrogens is 338 g/mol. The Labute approximate surface area is 159 Å². The lowest BCUT2D eigenvalue weighted by Gasteiger charge is -2.46. The van der Waals surface area contributed by atoms with Crippen LogP contribution in [0.1, 0.15) is 25.3 Å². The van der Waals surface area contributed by atoms with Crippen LogP contribution in [0.4, 0.5) is 0 Å². The Kier molecular flexibility index (Phi) is 4.66. The lowest BCUT2D eigenvalue weighted by Crippen LogP contribution is -2.49. The molecule has 1 heterocycles. The zero-order chi connectivity index (χ0) is 19.8. The fraction of sp³-hybridized carbons (Fsp3) is 0.381. The molecule has 1 aromatic carbocycles. The van der Waals surface area contributed by atoms with E-state index < -0.39 is 11.3 Å². The van der Waals surface area contributed by atoms with E-state index in [9.17, 15) is 20.9 Å². The smallest absolute Gasteiger partial charge is 0.191 e. The van der Waals surface area contributed by atoms with Gasteiger partial charge in [-0.15, -0.1) is 0 Å². The van der Waals surface area contributed by atoms with Gasteiger partial charge in [-0.25, -0.2) is 0 Å². The molecule has 0 fully saturated rings. The third-order valence-electron chi connectivity index (χ3n) is 5.65. The monoisotopic (exact) mass is 359 g/mol. The summed E-state index contributed by atoms with van der Waals surface area (Å²) in [6, 6.07) is 13.2. The van der Waals surface area contributed by atoms with Crippen molar-refractivity contribution in [2.45, 2.75) is 25.8 Å². The van der Waals surface area contributed by atoms with Gasteiger partial charge in [0.05, 0.1) is 23.4 Å². The molecule has 6 nitrogen and oxygen atoms in total. The van der Waals surface area contributed by atoms with Gasteiger partial charge >= 0.3 is 0 Å². The minimum atomic E-state index is -1.67. The maximum atomic E-state index is 10.0. The predicted octanol–water partition coefficient (Wildman–Crippen LogP) is 2.53. The minimum Gasteiger partial charge on any atom is -0.508 e. The van der Waals surface area contributed by atoms with Crippen molar-refractivity contribution in [1.82, 2.24) is 4.90 Å². The number of benzene rings is 1. The second kappa shape index (κ2) is 6.80. The van der Waals surface area contributed by atoms with Crippen LogP contribution in [0, 0.1) is 45.3 Å². The van der Waals surface area contributed by atoms with Crippen LogP contribution >= 0.6 is 0 Å². The molecule has 6 heteroatoms. The molecule has 27 heavy (non-hydrogen) atoms. The Morgan fingerprint density at radius 2 is 1.96 bits per heavy atom. The zero-order valence-electron chi connectivity index (χ0n) is 15.3. The summed E-state index contributed by atoms with van der Waals surface area (Å²) in [6.45, 7) is 5.46. The van der Waals surface area contributed by atoms with Crippen LogP contribution in [0.15, 0.2) is 47.2 Å². The largest absolute Gasteiger partial charge is 0.508 e. The van der Waals surface area contributed by atoms with Gasteiger partial charge in [0.1, 0.15) is 11.8 Å². The van der Waals surface area contributed by atoms with Crippen molar-refractivity contribution >= 4 is 0 Å². The summed E-state index contributed by atoms with van der Waals surface area (Å²) >= 11 is 0. The number of phenols is 1. The van der Waals surface area contributed by atoms with Crippen molar-refractivity contribution in [3.8, 4) is 24.0 Å². The number of rotatable bonds is 2. The first-order valence-corrected chi connectivity index (χ1v) is 8.85. The number of allylic oxidation sites excluding steroid dienone is 2. The number of fused-ring (bicyclic) bond motifs is 1. The first-order valence-electron chi connectivity index (χ1n) is 8.85. The number of phenolic OH excluding ortho intramolecular Hbond substituents is 1. The normalized spacial score (nSPS) is 24.4. The van der Waals surface area contributed by atoms with Gasteiger partial charge in [0, 0.05) is 31.0 Å². The maximum absolute atomic E-state index is 10.0. The van der Waals surface area contributed by atoms with Gasteiger partial charge in [-0.3, -0.25) is 4.90 Å². The fourth-order valence-corrected chi connectivity index (χ4v) is 4.22. The second-order valence-electron chi connectivity index (χ2n) is 7.32. The Hall–Kier alpha value is -3.27. The molecule has 1 aliphatic carbocycles. The van der Waals surface area contributed by atoms with E-state index in [1.807, 2.05) is 6.08 Å². The van der Waals surface area contributed by atoms with Crippen molar-refractivity contribution in [2.24, 2.45) is 17.1 Å². The van der Waals surface area contributed by atoms with Crippen LogP contribution in [0.2, 0.25) is 0 Å². The molecule has 3 rings (SSSR count). The second-order valence-corrected chi connectivity index (χ2v) is 7.32. The van der Waals surface area contributed by atoms with Crippen molar-refractivity contribution in [2.75, 3.05) is 13.1 Å². The average Bonchev–Trinajstić information content (AvgIpc) is 2.66. The lowest BCUT2D eigenvalue weighted by molar-refractivity contribution is 0.174. The first-order chi connectivity index (χ1) is 12.9. The molecule has 1 aromatic rings. The van der Waals surface area contributed by atoms with Crippen LogP contribution in [-0.4, -0.2) is 29.1 Å². The molecule has 0 amide bonds. The number of nitriles is 3. The maximum Gasteiger partial charge on any atom is 0.191 e. The number of hydrogen-bond donors (Lipinski definition) is 2. The molecule has 0 saturated heterocycles. The van der Waals surface area contributed by atoms with Crippen LogP contribution in [0.25, 0.3) is 0 Å². The van der Waals surface area contributed by atoms with Gasteiger partial charge in [-0.1, -0.05) is 18.2 Å². The van der Waals surface area contributed by atoms with E-state index in [1.165, 1.54) is 0 Å². The van der Waals surface area contributed by atoms with E-state index in [1.54, 1.807) is 24.3 Å². The highest BCUT2D eigenvalue weighted by molar-refractivity contribution is 5.59. The number of aromatic hydroxyl groups is 1. The van der Waals surface area contributed by atoms with Crippen LogP contribution in [-0.2, 0) is 0 Å². The number of nitrogens with zero attached hydrogens (tertiary/aromatic N) is 4. The van der Waals surface area contributed by atoms with Crippen LogP contribution < -0.4 is 5.73 Å². The Balaban J connectivity index is 2.31. The zero-order valence-corrected chi connectivity index (χ0v) is 15.3. The third-order valence-corrected chi connectivity index (χ3v) is 5.65. The van der Waals surface area contributed by atoms with Gasteiger partial charge < -0.3 is 10.8 Å². The molecule has 0 saturated carbocycles. The molecule has 0 radical (unpaired) electrons. The molecule has 1 aliphatic heterocycles. The van der Waals surface area contributed by atoms with Gasteiger partial charge in [-0.05, 0) is 37.1 Å². The molecule has 136 valence electrons. The van der Waals surface area contributed by atoms with E-state index >= 15 is 0 Å². The topological polar surface area (TPSA) is 121 Å². The van der Waals surface area contributed by atoms with E-state index in [4.69, 9.17) is 5.73 Å². The minimum absolute atomic E-state index is 0.00356. The van der Waals surface area contributed by atoms with Gasteiger partial charge in [-0.2, -0.15) is 15.8 Å². The summed E-state index contributed by atoms with van der Waals surface area (Å²) in [5.41, 5.74) is 6.29. The molecule has 0 spiro atoms. The summed E-state index contributed by atoms with van der Waals surface area (Å²) in [6.07, 6.45) is 1.98. The summed E-state index contributed by atoms with van der Waals surface area (Å²) < 4.78 is 0. The van der Waals surface area contributed by atoms with E-state index in [0.29, 0.717) is 18.7 Å². The van der Waals surface area contributed by atoms with Gasteiger partial charge in [0.15, 0.2) is 5.41 Å². The summed E-state index contributed by atoms with van der Waals surface area (Å²) in [7, 11) is 0. The highest BCUT2D eigenvalue weighted by atomic mass is 16.3. The average molecular weight is 359 g/mol. The van der Waals surface area contributed by atoms with Crippen LogP contribution in [0.5, 0.6) is 5.75 Å². The number of hydrogen-bond acceptors (Lipinski definition) is 6. The summed E-state index contributed by atoms with van der Waals surface area (Å²) in [5, 5.41) is 39.7. The predicted molar refractivity (Wildman–Crippen MR) is 99.6 cm³/mol. The highest BCUT2D eigenvalue weighted by Crippen LogP contribution is 2.54. The number of nitrogens with two attached hydrogens (primary N) is 1. The van der Waals surface area contributed by atoms with Crippen LogP contribution in [0.3, 0.4) is 0 Å². The van der Waals surface area contributed by atoms with Gasteiger partial charge in [0.25, 0.3) is 0 Å². The fourth-order valence-electron chi connectivity index (χ4n) is 4.22. The van der Waals surface area contributed by atoms with E-state index in [2.05, 4.69) is 37.0 Å². The third kappa shape index (κ3) is 2.74. The van der Waals surface area contributed by atoms with E-state index in [0.717, 1.165) is 5.57 Å². The van der Waals surface area contributed by atoms with Crippen molar-refractivity contribution in [1.29, 1.82) is 15.8 Å².